The Hall–Kier alpha value is -1.57. The Morgan fingerprint density at radius 2 is 1.71 bits per heavy atom. The van der Waals surface area contributed by atoms with Gasteiger partial charge in [0.05, 0.1) is 6.10 Å². The summed E-state index contributed by atoms with van der Waals surface area (Å²) in [5, 5.41) is 0. The van der Waals surface area contributed by atoms with Gasteiger partial charge in [-0.25, -0.2) is 4.79 Å². The van der Waals surface area contributed by atoms with Gasteiger partial charge in [0.1, 0.15) is 0 Å². The second-order valence-electron chi connectivity index (χ2n) is 4.62. The van der Waals surface area contributed by atoms with Crippen molar-refractivity contribution in [3.05, 3.63) is 41.5 Å². The van der Waals surface area contributed by atoms with Crippen LogP contribution in [-0.2, 0) is 9.53 Å². The fourth-order valence-corrected chi connectivity index (χ4v) is 1.47. The largest absolute Gasteiger partial charge is 0.460 e. The van der Waals surface area contributed by atoms with Crippen LogP contribution in [0.4, 0.5) is 0 Å². The van der Waals surface area contributed by atoms with Crippen LogP contribution < -0.4 is 0 Å². The van der Waals surface area contributed by atoms with E-state index in [1.165, 1.54) is 0 Å². The molecule has 0 N–H and O–H groups in total. The summed E-state index contributed by atoms with van der Waals surface area (Å²) in [6.07, 6.45) is 1.82. The van der Waals surface area contributed by atoms with Crippen LogP contribution in [0.5, 0.6) is 0 Å². The molecule has 0 aliphatic carbocycles. The van der Waals surface area contributed by atoms with Crippen molar-refractivity contribution in [3.63, 3.8) is 0 Å². The smallest absolute Gasteiger partial charge is 0.334 e. The highest BCUT2D eigenvalue weighted by molar-refractivity contribution is 5.94. The van der Waals surface area contributed by atoms with Gasteiger partial charge in [-0.05, 0) is 31.4 Å². The molecule has 0 spiro atoms. The lowest BCUT2D eigenvalue weighted by molar-refractivity contribution is -0.143. The Morgan fingerprint density at radius 1 is 1.12 bits per heavy atom. The molecule has 0 atom stereocenters. The zero-order valence-electron chi connectivity index (χ0n) is 10.9. The van der Waals surface area contributed by atoms with Crippen molar-refractivity contribution in [2.45, 2.75) is 33.8 Å². The lowest BCUT2D eigenvalue weighted by atomic mass is 10.0. The summed E-state index contributed by atoms with van der Waals surface area (Å²) in [6.45, 7) is 7.71. The maximum absolute atomic E-state index is 11.9. The van der Waals surface area contributed by atoms with Crippen molar-refractivity contribution in [2.24, 2.45) is 5.92 Å². The van der Waals surface area contributed by atoms with Crippen LogP contribution >= 0.6 is 0 Å². The van der Waals surface area contributed by atoms with Gasteiger partial charge in [0, 0.05) is 5.57 Å². The van der Waals surface area contributed by atoms with Crippen molar-refractivity contribution in [2.75, 3.05) is 0 Å². The normalized spacial score (nSPS) is 12.0. The minimum absolute atomic E-state index is 0.0829. The summed E-state index contributed by atoms with van der Waals surface area (Å²) in [4.78, 5) is 11.9. The van der Waals surface area contributed by atoms with Crippen molar-refractivity contribution in [3.8, 4) is 0 Å². The number of carbonyl (C=O) groups is 1. The summed E-state index contributed by atoms with van der Waals surface area (Å²) < 4.78 is 5.24. The second kappa shape index (κ2) is 6.24. The molecule has 0 heterocycles. The first-order valence-corrected chi connectivity index (χ1v) is 5.98. The molecule has 92 valence electrons. The van der Waals surface area contributed by atoms with Crippen molar-refractivity contribution in [1.29, 1.82) is 0 Å². The topological polar surface area (TPSA) is 26.3 Å². The first kappa shape index (κ1) is 13.5. The SMILES string of the molecule is CC(C)OC(=O)C(=Cc1ccccc1)C(C)C. The monoisotopic (exact) mass is 232 g/mol. The second-order valence-corrected chi connectivity index (χ2v) is 4.62. The molecule has 0 aliphatic rings. The van der Waals surface area contributed by atoms with Gasteiger partial charge in [0.15, 0.2) is 0 Å². The summed E-state index contributed by atoms with van der Waals surface area (Å²) in [7, 11) is 0. The summed E-state index contributed by atoms with van der Waals surface area (Å²) in [5.41, 5.74) is 1.74. The molecule has 0 amide bonds. The van der Waals surface area contributed by atoms with E-state index in [1.807, 2.05) is 64.1 Å². The zero-order valence-corrected chi connectivity index (χ0v) is 10.9. The van der Waals surface area contributed by atoms with Crippen LogP contribution in [-0.4, -0.2) is 12.1 Å². The van der Waals surface area contributed by atoms with Crippen molar-refractivity contribution in [1.82, 2.24) is 0 Å². The van der Waals surface area contributed by atoms with E-state index < -0.39 is 0 Å². The molecule has 0 radical (unpaired) electrons. The first-order chi connectivity index (χ1) is 8.00. The molecule has 0 saturated heterocycles. The summed E-state index contributed by atoms with van der Waals surface area (Å²) in [5.74, 6) is -0.0692. The van der Waals surface area contributed by atoms with Gasteiger partial charge in [0.25, 0.3) is 0 Å². The molecule has 0 bridgehead atoms. The van der Waals surface area contributed by atoms with Gasteiger partial charge < -0.3 is 4.74 Å². The fourth-order valence-electron chi connectivity index (χ4n) is 1.47. The number of hydrogen-bond donors (Lipinski definition) is 0. The van der Waals surface area contributed by atoms with Gasteiger partial charge in [-0.15, -0.1) is 0 Å². The maximum Gasteiger partial charge on any atom is 0.334 e. The van der Waals surface area contributed by atoms with Crippen LogP contribution in [0.2, 0.25) is 0 Å². The van der Waals surface area contributed by atoms with E-state index >= 15 is 0 Å². The van der Waals surface area contributed by atoms with E-state index in [-0.39, 0.29) is 18.0 Å². The van der Waals surface area contributed by atoms with E-state index in [9.17, 15) is 4.79 Å². The molecule has 1 aromatic carbocycles. The van der Waals surface area contributed by atoms with Crippen LogP contribution in [0, 0.1) is 5.92 Å². The number of benzene rings is 1. The predicted molar refractivity (Wildman–Crippen MR) is 70.5 cm³/mol. The molecular formula is C15H20O2. The van der Waals surface area contributed by atoms with Gasteiger partial charge in [-0.2, -0.15) is 0 Å². The Kier molecular flexibility index (Phi) is 4.95. The maximum atomic E-state index is 11.9. The Balaban J connectivity index is 2.94. The molecule has 1 rings (SSSR count). The van der Waals surface area contributed by atoms with Gasteiger partial charge in [0.2, 0.25) is 0 Å². The molecule has 17 heavy (non-hydrogen) atoms. The Labute approximate surface area is 103 Å². The lowest BCUT2D eigenvalue weighted by Crippen LogP contribution is -2.16. The molecule has 0 aliphatic heterocycles. The van der Waals surface area contributed by atoms with E-state index in [2.05, 4.69) is 0 Å². The van der Waals surface area contributed by atoms with E-state index in [4.69, 9.17) is 4.74 Å². The number of rotatable bonds is 4. The number of ether oxygens (including phenoxy) is 1. The zero-order chi connectivity index (χ0) is 12.8. The average molecular weight is 232 g/mol. The van der Waals surface area contributed by atoms with E-state index in [0.29, 0.717) is 5.57 Å². The Bertz CT molecular complexity index is 389. The molecule has 0 fully saturated rings. The summed E-state index contributed by atoms with van der Waals surface area (Å²) >= 11 is 0. The highest BCUT2D eigenvalue weighted by Gasteiger charge is 2.16. The highest BCUT2D eigenvalue weighted by atomic mass is 16.5. The van der Waals surface area contributed by atoms with Crippen LogP contribution in [0.25, 0.3) is 6.08 Å². The highest BCUT2D eigenvalue weighted by Crippen LogP contribution is 2.17. The minimum Gasteiger partial charge on any atom is -0.460 e. The van der Waals surface area contributed by atoms with Crippen molar-refractivity contribution < 1.29 is 9.53 Å². The third-order valence-electron chi connectivity index (χ3n) is 2.32. The third-order valence-corrected chi connectivity index (χ3v) is 2.32. The van der Waals surface area contributed by atoms with Crippen molar-refractivity contribution >= 4 is 12.0 Å². The van der Waals surface area contributed by atoms with Crippen LogP contribution in [0.3, 0.4) is 0 Å². The van der Waals surface area contributed by atoms with Gasteiger partial charge in [-0.3, -0.25) is 0 Å². The molecule has 1 aromatic rings. The van der Waals surface area contributed by atoms with E-state index in [0.717, 1.165) is 5.56 Å². The van der Waals surface area contributed by atoms with Crippen LogP contribution in [0.15, 0.2) is 35.9 Å². The van der Waals surface area contributed by atoms with E-state index in [1.54, 1.807) is 0 Å². The molecular weight excluding hydrogens is 212 g/mol. The standard InChI is InChI=1S/C15H20O2/c1-11(2)14(15(16)17-12(3)4)10-13-8-6-5-7-9-13/h5-12H,1-4H3. The first-order valence-electron chi connectivity index (χ1n) is 5.98. The summed E-state index contributed by atoms with van der Waals surface area (Å²) in [6, 6.07) is 9.82. The molecule has 0 unspecified atom stereocenters. The predicted octanol–water partition coefficient (Wildman–Crippen LogP) is 3.68. The lowest BCUT2D eigenvalue weighted by Gasteiger charge is -2.13. The van der Waals surface area contributed by atoms with Gasteiger partial charge in [-0.1, -0.05) is 44.2 Å². The quantitative estimate of drug-likeness (QED) is 0.584. The Morgan fingerprint density at radius 3 is 2.18 bits per heavy atom. The minimum atomic E-state index is -0.223. The van der Waals surface area contributed by atoms with Gasteiger partial charge >= 0.3 is 5.97 Å². The fraction of sp³-hybridized carbons (Fsp3) is 0.400. The average Bonchev–Trinajstić information content (AvgIpc) is 2.25. The molecule has 2 nitrogen and oxygen atoms in total. The molecule has 0 aromatic heterocycles. The molecule has 0 saturated carbocycles. The number of esters is 1. The number of hydrogen-bond acceptors (Lipinski definition) is 2. The number of carbonyl (C=O) groups excluding carboxylic acids is 1. The van der Waals surface area contributed by atoms with Crippen LogP contribution in [0.1, 0.15) is 33.3 Å². The molecule has 2 heteroatoms. The third kappa shape index (κ3) is 4.43.